The number of hydrogen-bond donors (Lipinski definition) is 2. The number of piperidine rings is 1. The maximum atomic E-state index is 9.93. The van der Waals surface area contributed by atoms with E-state index in [0.29, 0.717) is 6.04 Å². The van der Waals surface area contributed by atoms with Crippen molar-refractivity contribution in [3.8, 4) is 0 Å². The summed E-state index contributed by atoms with van der Waals surface area (Å²) in [6.45, 7) is 6.37. The number of aliphatic hydroxyl groups excluding tert-OH is 1. The second-order valence-corrected chi connectivity index (χ2v) is 7.46. The molecule has 1 heterocycles. The molecule has 2 fully saturated rings. The fraction of sp³-hybridized carbons (Fsp3) is 1.00. The van der Waals surface area contributed by atoms with Gasteiger partial charge in [0.1, 0.15) is 0 Å². The van der Waals surface area contributed by atoms with Crippen LogP contribution in [0.4, 0.5) is 0 Å². The van der Waals surface area contributed by atoms with Gasteiger partial charge in [0.15, 0.2) is 0 Å². The van der Waals surface area contributed by atoms with Crippen molar-refractivity contribution in [3.63, 3.8) is 0 Å². The fourth-order valence-corrected chi connectivity index (χ4v) is 4.06. The van der Waals surface area contributed by atoms with Gasteiger partial charge in [-0.25, -0.2) is 0 Å². The zero-order valence-electron chi connectivity index (χ0n) is 14.2. The van der Waals surface area contributed by atoms with E-state index in [0.717, 1.165) is 25.0 Å². The summed E-state index contributed by atoms with van der Waals surface area (Å²) in [7, 11) is 4.01. The summed E-state index contributed by atoms with van der Waals surface area (Å²) in [6.07, 6.45) is 7.89. The second kappa shape index (κ2) is 8.47. The predicted octanol–water partition coefficient (Wildman–Crippen LogP) is 1.54. The standard InChI is InChI=1S/C17H35N3O/c1-14-6-4-5-7-17(14)20-10-8-15(9-11-20)18-12-16(21)13-19(2)3/h14-18,21H,4-13H2,1-3H3. The molecule has 0 aromatic heterocycles. The van der Waals surface area contributed by atoms with Crippen molar-refractivity contribution in [2.75, 3.05) is 40.3 Å². The van der Waals surface area contributed by atoms with Crippen molar-refractivity contribution < 1.29 is 5.11 Å². The lowest BCUT2D eigenvalue weighted by molar-refractivity contribution is 0.0760. The maximum absolute atomic E-state index is 9.93. The first-order valence-corrected chi connectivity index (χ1v) is 8.86. The number of nitrogens with zero attached hydrogens (tertiary/aromatic N) is 2. The van der Waals surface area contributed by atoms with Crippen LogP contribution >= 0.6 is 0 Å². The summed E-state index contributed by atoms with van der Waals surface area (Å²) in [5.41, 5.74) is 0. The SMILES string of the molecule is CC1CCCCC1N1CCC(NCC(O)CN(C)C)CC1. The van der Waals surface area contributed by atoms with Crippen LogP contribution in [0.5, 0.6) is 0 Å². The lowest BCUT2D eigenvalue weighted by atomic mass is 9.84. The Labute approximate surface area is 130 Å². The highest BCUT2D eigenvalue weighted by atomic mass is 16.3. The van der Waals surface area contributed by atoms with Crippen LogP contribution in [0, 0.1) is 5.92 Å². The first-order chi connectivity index (χ1) is 10.1. The number of aliphatic hydroxyl groups is 1. The maximum Gasteiger partial charge on any atom is 0.0791 e. The first kappa shape index (κ1) is 17.2. The molecule has 3 unspecified atom stereocenters. The molecule has 21 heavy (non-hydrogen) atoms. The summed E-state index contributed by atoms with van der Waals surface area (Å²) < 4.78 is 0. The van der Waals surface area contributed by atoms with E-state index in [1.54, 1.807) is 0 Å². The molecule has 3 atom stereocenters. The molecule has 124 valence electrons. The Hall–Kier alpha value is -0.160. The highest BCUT2D eigenvalue weighted by molar-refractivity contribution is 4.86. The minimum Gasteiger partial charge on any atom is -0.390 e. The zero-order valence-corrected chi connectivity index (χ0v) is 14.2. The smallest absolute Gasteiger partial charge is 0.0791 e. The molecule has 1 saturated heterocycles. The van der Waals surface area contributed by atoms with E-state index in [4.69, 9.17) is 0 Å². The highest BCUT2D eigenvalue weighted by Crippen LogP contribution is 2.29. The number of rotatable bonds is 6. The fourth-order valence-electron chi connectivity index (χ4n) is 4.06. The van der Waals surface area contributed by atoms with Gasteiger partial charge in [0.05, 0.1) is 6.10 Å². The summed E-state index contributed by atoms with van der Waals surface area (Å²) in [5, 5.41) is 13.5. The van der Waals surface area contributed by atoms with E-state index < -0.39 is 0 Å². The van der Waals surface area contributed by atoms with Crippen LogP contribution in [-0.4, -0.2) is 73.4 Å². The Morgan fingerprint density at radius 2 is 1.81 bits per heavy atom. The Kier molecular flexibility index (Phi) is 6.93. The van der Waals surface area contributed by atoms with Gasteiger partial charge in [0.25, 0.3) is 0 Å². The van der Waals surface area contributed by atoms with Crippen LogP contribution in [0.15, 0.2) is 0 Å². The lowest BCUT2D eigenvalue weighted by Gasteiger charge is -2.42. The van der Waals surface area contributed by atoms with Gasteiger partial charge in [-0.3, -0.25) is 0 Å². The molecule has 4 nitrogen and oxygen atoms in total. The van der Waals surface area contributed by atoms with Gasteiger partial charge in [0.2, 0.25) is 0 Å². The molecule has 0 aromatic carbocycles. The minimum atomic E-state index is -0.253. The lowest BCUT2D eigenvalue weighted by Crippen LogP contribution is -2.50. The van der Waals surface area contributed by atoms with E-state index in [2.05, 4.69) is 17.1 Å². The third-order valence-electron chi connectivity index (χ3n) is 5.28. The van der Waals surface area contributed by atoms with Gasteiger partial charge < -0.3 is 20.2 Å². The summed E-state index contributed by atoms with van der Waals surface area (Å²) in [5.74, 6) is 0.880. The Morgan fingerprint density at radius 1 is 1.14 bits per heavy atom. The summed E-state index contributed by atoms with van der Waals surface area (Å²) >= 11 is 0. The molecule has 1 aliphatic heterocycles. The normalized spacial score (nSPS) is 30.7. The first-order valence-electron chi connectivity index (χ1n) is 8.86. The van der Waals surface area contributed by atoms with Gasteiger partial charge >= 0.3 is 0 Å². The minimum absolute atomic E-state index is 0.253. The molecule has 0 bridgehead atoms. The van der Waals surface area contributed by atoms with Crippen LogP contribution in [0.1, 0.15) is 45.4 Å². The molecule has 4 heteroatoms. The van der Waals surface area contributed by atoms with Crippen LogP contribution in [-0.2, 0) is 0 Å². The molecule has 0 amide bonds. The third-order valence-corrected chi connectivity index (χ3v) is 5.28. The molecule has 2 N–H and O–H groups in total. The van der Waals surface area contributed by atoms with Crippen molar-refractivity contribution in [2.24, 2.45) is 5.92 Å². The topological polar surface area (TPSA) is 38.7 Å². The van der Waals surface area contributed by atoms with Crippen LogP contribution in [0.2, 0.25) is 0 Å². The predicted molar refractivity (Wildman–Crippen MR) is 88.6 cm³/mol. The molecule has 2 aliphatic rings. The van der Waals surface area contributed by atoms with Crippen LogP contribution < -0.4 is 5.32 Å². The largest absolute Gasteiger partial charge is 0.390 e. The quantitative estimate of drug-likeness (QED) is 0.780. The molecule has 0 spiro atoms. The van der Waals surface area contributed by atoms with Gasteiger partial charge in [-0.05, 0) is 58.8 Å². The van der Waals surface area contributed by atoms with E-state index in [-0.39, 0.29) is 6.10 Å². The molecule has 2 rings (SSSR count). The van der Waals surface area contributed by atoms with Crippen molar-refractivity contribution in [1.29, 1.82) is 0 Å². The van der Waals surface area contributed by atoms with Gasteiger partial charge in [-0.2, -0.15) is 0 Å². The van der Waals surface area contributed by atoms with Crippen molar-refractivity contribution in [1.82, 2.24) is 15.1 Å². The Balaban J connectivity index is 1.66. The molecular weight excluding hydrogens is 262 g/mol. The average Bonchev–Trinajstić information content (AvgIpc) is 2.46. The number of likely N-dealkylation sites (tertiary alicyclic amines) is 1. The monoisotopic (exact) mass is 297 g/mol. The number of likely N-dealkylation sites (N-methyl/N-ethyl adjacent to an activating group) is 1. The van der Waals surface area contributed by atoms with E-state index in [1.165, 1.54) is 51.6 Å². The van der Waals surface area contributed by atoms with Gasteiger partial charge in [-0.15, -0.1) is 0 Å². The average molecular weight is 297 g/mol. The summed E-state index contributed by atoms with van der Waals surface area (Å²) in [4.78, 5) is 4.78. The highest BCUT2D eigenvalue weighted by Gasteiger charge is 2.30. The van der Waals surface area contributed by atoms with E-state index in [9.17, 15) is 5.11 Å². The van der Waals surface area contributed by atoms with Crippen molar-refractivity contribution in [2.45, 2.75) is 63.6 Å². The molecular formula is C17H35N3O. The molecule has 0 aromatic rings. The zero-order chi connectivity index (χ0) is 15.2. The van der Waals surface area contributed by atoms with E-state index >= 15 is 0 Å². The molecule has 0 radical (unpaired) electrons. The van der Waals surface area contributed by atoms with Crippen molar-refractivity contribution >= 4 is 0 Å². The third kappa shape index (κ3) is 5.51. The van der Waals surface area contributed by atoms with Crippen LogP contribution in [0.25, 0.3) is 0 Å². The van der Waals surface area contributed by atoms with Gasteiger partial charge in [0, 0.05) is 25.2 Å². The van der Waals surface area contributed by atoms with Crippen molar-refractivity contribution in [3.05, 3.63) is 0 Å². The Bertz CT molecular complexity index is 290. The second-order valence-electron chi connectivity index (χ2n) is 7.46. The Morgan fingerprint density at radius 3 is 2.43 bits per heavy atom. The van der Waals surface area contributed by atoms with Gasteiger partial charge in [-0.1, -0.05) is 19.8 Å². The summed E-state index contributed by atoms with van der Waals surface area (Å²) in [6, 6.07) is 1.43. The van der Waals surface area contributed by atoms with Crippen LogP contribution in [0.3, 0.4) is 0 Å². The number of hydrogen-bond acceptors (Lipinski definition) is 4. The molecule has 1 saturated carbocycles. The number of nitrogens with one attached hydrogen (secondary N) is 1. The molecule has 1 aliphatic carbocycles. The van der Waals surface area contributed by atoms with E-state index in [1.807, 2.05) is 19.0 Å².